The number of halogens is 4. The second-order valence-corrected chi connectivity index (χ2v) is 5.99. The number of hydrogen-bond acceptors (Lipinski definition) is 5. The second-order valence-electron chi connectivity index (χ2n) is 3.16. The van der Waals surface area contributed by atoms with Crippen LogP contribution in [0, 0.1) is 10.1 Å². The normalized spacial score (nSPS) is 8.95. The Kier molecular flexibility index (Phi) is 9.62. The van der Waals surface area contributed by atoms with Gasteiger partial charge in [0.25, 0.3) is 16.2 Å². The van der Waals surface area contributed by atoms with E-state index in [1.54, 1.807) is 0 Å². The number of nitro benzene ring substituents is 1. The van der Waals surface area contributed by atoms with Crippen molar-refractivity contribution in [2.75, 3.05) is 0 Å². The fourth-order valence-corrected chi connectivity index (χ4v) is 1.55. The summed E-state index contributed by atoms with van der Waals surface area (Å²) in [7, 11) is 9.69. The molecule has 0 saturated carbocycles. The summed E-state index contributed by atoms with van der Waals surface area (Å²) < 4.78 is 0. The van der Waals surface area contributed by atoms with E-state index in [-0.39, 0.29) is 24.6 Å². The van der Waals surface area contributed by atoms with Crippen LogP contribution in [-0.2, 0) is 9.59 Å². The summed E-state index contributed by atoms with van der Waals surface area (Å²) in [5.74, 6) is -0.732. The van der Waals surface area contributed by atoms with Gasteiger partial charge in [-0.15, -0.1) is 0 Å². The minimum absolute atomic E-state index is 0.0126. The third-order valence-electron chi connectivity index (χ3n) is 1.98. The zero-order chi connectivity index (χ0) is 16.6. The summed E-state index contributed by atoms with van der Waals surface area (Å²) in [5.41, 5.74) is -0.978. The summed E-state index contributed by atoms with van der Waals surface area (Å²) in [6.07, 6.45) is 0. The highest BCUT2D eigenvalue weighted by atomic mass is 35.7. The molecule has 111 valence electrons. The topological polar surface area (TPSA) is 97.5 Å². The summed E-state index contributed by atoms with van der Waals surface area (Å²) >= 11 is 9.88. The van der Waals surface area contributed by atoms with Crippen molar-refractivity contribution < 1.29 is 19.6 Å². The fourth-order valence-electron chi connectivity index (χ4n) is 1.15. The van der Waals surface area contributed by atoms with Crippen molar-refractivity contribution in [2.24, 2.45) is 0 Å². The number of nitrogens with zero attached hydrogens (tertiary/aromatic N) is 1. The Morgan fingerprint density at radius 3 is 1.76 bits per heavy atom. The summed E-state index contributed by atoms with van der Waals surface area (Å²) in [6.45, 7) is 0. The minimum Gasteiger partial charge on any atom is -0.506 e. The van der Waals surface area contributed by atoms with Crippen molar-refractivity contribution in [3.05, 3.63) is 45.5 Å². The number of hydrogen-bond donors (Lipinski definition) is 1. The monoisotopic (exact) mass is 386 g/mol. The molecule has 0 aromatic heterocycles. The quantitative estimate of drug-likeness (QED) is 0.125. The van der Waals surface area contributed by atoms with Crippen LogP contribution in [0.15, 0.2) is 29.8 Å². The van der Waals surface area contributed by atoms with E-state index in [4.69, 9.17) is 43.3 Å². The van der Waals surface area contributed by atoms with Crippen molar-refractivity contribution in [1.29, 1.82) is 0 Å². The number of benzene rings is 1. The van der Waals surface area contributed by atoms with E-state index >= 15 is 0 Å². The van der Waals surface area contributed by atoms with E-state index in [2.05, 4.69) is 0 Å². The second kappa shape index (κ2) is 10.0. The van der Waals surface area contributed by atoms with Crippen LogP contribution in [0.4, 0.5) is 5.69 Å². The van der Waals surface area contributed by atoms with Gasteiger partial charge in [-0.2, -0.15) is 0 Å². The van der Waals surface area contributed by atoms with E-state index in [9.17, 15) is 24.8 Å². The van der Waals surface area contributed by atoms with E-state index in [1.165, 1.54) is 0 Å². The third-order valence-corrected chi connectivity index (χ3v) is 2.36. The van der Waals surface area contributed by atoms with Crippen molar-refractivity contribution in [3.63, 3.8) is 0 Å². The van der Waals surface area contributed by atoms with Crippen molar-refractivity contribution >= 4 is 78.6 Å². The Bertz CT molecular complexity index is 559. The van der Waals surface area contributed by atoms with Crippen LogP contribution >= 0.6 is 43.3 Å². The molecule has 0 aliphatic heterocycles. The highest BCUT2D eigenvalue weighted by molar-refractivity contribution is 7.22. The maximum Gasteiger partial charge on any atom is 0.495 e. The van der Waals surface area contributed by atoms with Crippen LogP contribution < -0.4 is 0 Å². The number of carbonyl (C=O) groups excluding carboxylic acids is 2. The molecule has 0 aliphatic carbocycles. The average Bonchev–Trinajstić information content (AvgIpc) is 2.38. The Morgan fingerprint density at radius 1 is 1.10 bits per heavy atom. The lowest BCUT2D eigenvalue weighted by Crippen LogP contribution is -2.06. The Morgan fingerprint density at radius 2 is 1.48 bits per heavy atom. The molecule has 0 aliphatic rings. The van der Waals surface area contributed by atoms with E-state index in [0.29, 0.717) is 0 Å². The number of aliphatic hydroxyl groups excluding tert-OH is 1. The molecular formula is C10H5AlCl4NO5. The van der Waals surface area contributed by atoms with Gasteiger partial charge in [0.2, 0.25) is 0 Å². The number of aliphatic hydroxyl groups is 1. The van der Waals surface area contributed by atoms with Gasteiger partial charge in [-0.3, -0.25) is 19.7 Å². The molecule has 1 aromatic carbocycles. The molecule has 1 aromatic rings. The number of non-ortho nitro benzene ring substituents is 1. The molecule has 6 nitrogen and oxygen atoms in total. The van der Waals surface area contributed by atoms with Crippen LogP contribution in [-0.4, -0.2) is 33.9 Å². The Balaban J connectivity index is 0.00000122. The smallest absolute Gasteiger partial charge is 0.495 e. The molecule has 0 unspecified atom stereocenters. The first-order chi connectivity index (χ1) is 9.76. The lowest BCUT2D eigenvalue weighted by molar-refractivity contribution is -0.384. The van der Waals surface area contributed by atoms with Gasteiger partial charge in [-0.1, -0.05) is 0 Å². The van der Waals surface area contributed by atoms with Crippen LogP contribution in [0.1, 0.15) is 5.56 Å². The first kappa shape index (κ1) is 20.2. The van der Waals surface area contributed by atoms with E-state index < -0.39 is 26.7 Å². The SMILES string of the molecule is O=C(Cl)C(C(=O)Cl)=C(O)c1ccc([N+](=O)[O-])cc1.[Cl][Al][Cl]. The van der Waals surface area contributed by atoms with Crippen molar-refractivity contribution in [2.45, 2.75) is 0 Å². The van der Waals surface area contributed by atoms with E-state index in [1.807, 2.05) is 0 Å². The maximum atomic E-state index is 10.9. The molecule has 0 atom stereocenters. The van der Waals surface area contributed by atoms with Crippen LogP contribution in [0.3, 0.4) is 0 Å². The van der Waals surface area contributed by atoms with Gasteiger partial charge in [-0.05, 0) is 35.3 Å². The Labute approximate surface area is 143 Å². The number of allylic oxidation sites excluding steroid dienone is 1. The molecule has 0 spiro atoms. The van der Waals surface area contributed by atoms with Gasteiger partial charge in [0, 0.05) is 17.7 Å². The van der Waals surface area contributed by atoms with Crippen molar-refractivity contribution in [3.8, 4) is 0 Å². The highest BCUT2D eigenvalue weighted by Crippen LogP contribution is 2.22. The molecule has 21 heavy (non-hydrogen) atoms. The average molecular weight is 388 g/mol. The zero-order valence-corrected chi connectivity index (χ0v) is 14.1. The molecule has 1 rings (SSSR count). The summed E-state index contributed by atoms with van der Waals surface area (Å²) in [5, 5.41) is 17.6. The number of rotatable bonds is 4. The molecule has 0 bridgehead atoms. The van der Waals surface area contributed by atoms with Gasteiger partial charge in [-0.25, -0.2) is 20.1 Å². The third kappa shape index (κ3) is 6.66. The predicted octanol–water partition coefficient (Wildman–Crippen LogP) is 3.39. The Hall–Kier alpha value is -0.808. The van der Waals surface area contributed by atoms with Gasteiger partial charge in [0.05, 0.1) is 4.92 Å². The largest absolute Gasteiger partial charge is 0.506 e. The van der Waals surface area contributed by atoms with E-state index in [0.717, 1.165) is 24.3 Å². The number of nitro groups is 1. The minimum atomic E-state index is -1.22. The van der Waals surface area contributed by atoms with Crippen LogP contribution in [0.25, 0.3) is 5.76 Å². The fraction of sp³-hybridized carbons (Fsp3) is 0. The molecule has 0 saturated heterocycles. The lowest BCUT2D eigenvalue weighted by atomic mass is 10.1. The van der Waals surface area contributed by atoms with Gasteiger partial charge in [0.1, 0.15) is 11.3 Å². The van der Waals surface area contributed by atoms with Crippen molar-refractivity contribution in [1.82, 2.24) is 0 Å². The highest BCUT2D eigenvalue weighted by Gasteiger charge is 2.21. The molecule has 0 heterocycles. The predicted molar refractivity (Wildman–Crippen MR) is 81.8 cm³/mol. The summed E-state index contributed by atoms with van der Waals surface area (Å²) in [4.78, 5) is 31.6. The molecule has 1 N–H and O–H groups in total. The maximum absolute atomic E-state index is 10.9. The van der Waals surface area contributed by atoms with Gasteiger partial charge in [0.15, 0.2) is 0 Å². The molecule has 1 radical (unpaired) electrons. The molecular weight excluding hydrogens is 383 g/mol. The molecule has 0 fully saturated rings. The lowest BCUT2D eigenvalue weighted by Gasteiger charge is -2.03. The first-order valence-electron chi connectivity index (χ1n) is 4.86. The molecule has 0 amide bonds. The first-order valence-corrected chi connectivity index (χ1v) is 9.10. The van der Waals surface area contributed by atoms with Crippen LogP contribution in [0.5, 0.6) is 0 Å². The summed E-state index contributed by atoms with van der Waals surface area (Å²) in [6, 6.07) is 4.52. The standard InChI is InChI=1S/C10H5Cl2NO5.Al.2ClH/c11-9(15)7(10(12)16)8(14)5-1-3-6(4-2-5)13(17)18;;;/h1-4,14H;;2*1H/q;+2;;/p-2. The van der Waals surface area contributed by atoms with Gasteiger partial charge >= 0.3 is 13.4 Å². The zero-order valence-electron chi connectivity index (χ0n) is 9.93. The van der Waals surface area contributed by atoms with Gasteiger partial charge < -0.3 is 5.11 Å². The van der Waals surface area contributed by atoms with Crippen LogP contribution in [0.2, 0.25) is 0 Å². The number of carbonyl (C=O) groups is 2. The molecule has 11 heteroatoms.